The fraction of sp³-hybridized carbons (Fsp3) is 0.458. The van der Waals surface area contributed by atoms with Gasteiger partial charge in [0.25, 0.3) is 0 Å². The molecule has 486 valence electrons. The molecule has 0 fully saturated rings. The molecule has 6 amide bonds. The first-order valence-electron chi connectivity index (χ1n) is 31.1. The summed E-state index contributed by atoms with van der Waals surface area (Å²) in [7, 11) is 5.00. The van der Waals surface area contributed by atoms with E-state index in [1.54, 1.807) is 21.3 Å². The van der Waals surface area contributed by atoms with Crippen LogP contribution in [0.1, 0.15) is 167 Å². The number of urea groups is 3. The van der Waals surface area contributed by atoms with Crippen molar-refractivity contribution < 1.29 is 57.0 Å². The second-order valence-electron chi connectivity index (χ2n) is 25.8. The van der Waals surface area contributed by atoms with Gasteiger partial charge in [-0.2, -0.15) is 0 Å². The van der Waals surface area contributed by atoms with Crippen LogP contribution in [0, 0.1) is 0 Å². The molecule has 0 heterocycles. The van der Waals surface area contributed by atoms with Gasteiger partial charge in [0.2, 0.25) is 0 Å². The zero-order valence-electron chi connectivity index (χ0n) is 55.7. The van der Waals surface area contributed by atoms with Crippen molar-refractivity contribution in [3.05, 3.63) is 156 Å². The van der Waals surface area contributed by atoms with Gasteiger partial charge in [0, 0.05) is 109 Å². The SMILES string of the molecule is CCOCCOc1c2cc(NC(N)=O)cc1Cc1cc(C(C)(C)C)cc(c1OC)Cc1cc(NC(N)=O)cc(c1OCCOCC)Cc1cc(C(C)(C)C)cc(c1OC)Cc1cc(NC(N)=O)cc(c1OCCOCC)Cc1cc(C(C)(C)C)cc(c1OC)C2. The lowest BCUT2D eigenvalue weighted by molar-refractivity contribution is 0.109. The lowest BCUT2D eigenvalue weighted by Crippen LogP contribution is -2.20. The standard InChI is InChI=1S/C72H96N6O12/c1-16-85-19-22-88-64-49-25-43-31-55(70(4,5)6)33-45(61(43)82-13)27-51-39-59(77-68(74)80)41-53(65(51)89-23-20-86-17-2)29-47-35-57(72(10,11)12)36-48(63(47)84-15)30-54-42-60(78-69(75)81)40-52(66(54)90-24-21-87-18-3)28-46-34-56(71(7,8)9)32-44(62(46)83-14)26-50(64)38-58(37-49)76-67(73)79/h31-42H,16-30H2,1-15H3,(H3,73,76,79)(H3,74,77,80)(H3,75,78,81). The number of benzene rings is 6. The van der Waals surface area contributed by atoms with Gasteiger partial charge in [0.05, 0.1) is 41.2 Å². The minimum Gasteiger partial charge on any atom is -0.496 e. The molecule has 90 heavy (non-hydrogen) atoms. The van der Waals surface area contributed by atoms with Crippen LogP contribution in [-0.2, 0) is 69.0 Å². The van der Waals surface area contributed by atoms with Crippen molar-refractivity contribution in [3.8, 4) is 34.5 Å². The summed E-state index contributed by atoms with van der Waals surface area (Å²) in [6.07, 6.45) is 1.66. The fourth-order valence-electron chi connectivity index (χ4n) is 11.7. The Kier molecular flexibility index (Phi) is 23.5. The second-order valence-corrected chi connectivity index (χ2v) is 25.8. The zero-order valence-corrected chi connectivity index (χ0v) is 55.7. The fourth-order valence-corrected chi connectivity index (χ4v) is 11.7. The molecule has 1 aliphatic carbocycles. The number of methoxy groups -OCH3 is 3. The maximum Gasteiger partial charge on any atom is 0.316 e. The van der Waals surface area contributed by atoms with Crippen LogP contribution in [0.15, 0.2) is 72.8 Å². The molecule has 0 saturated carbocycles. The van der Waals surface area contributed by atoms with Crippen molar-refractivity contribution in [2.75, 3.05) is 96.7 Å². The summed E-state index contributed by atoms with van der Waals surface area (Å²) >= 11 is 0. The van der Waals surface area contributed by atoms with Crippen LogP contribution in [0.25, 0.3) is 0 Å². The maximum absolute atomic E-state index is 13.0. The molecule has 9 N–H and O–H groups in total. The number of nitrogens with one attached hydrogen (secondary N) is 3. The molecule has 18 heteroatoms. The van der Waals surface area contributed by atoms with E-state index in [2.05, 4.69) is 115 Å². The number of ether oxygens (including phenoxy) is 9. The molecule has 0 saturated heterocycles. The summed E-state index contributed by atoms with van der Waals surface area (Å²) in [5.74, 6) is 3.61. The maximum atomic E-state index is 13.0. The summed E-state index contributed by atoms with van der Waals surface area (Å²) in [6.45, 7) is 28.4. The minimum atomic E-state index is -0.737. The summed E-state index contributed by atoms with van der Waals surface area (Å²) < 4.78 is 58.1. The molecule has 18 nitrogen and oxygen atoms in total. The number of primary amides is 3. The van der Waals surface area contributed by atoms with E-state index in [-0.39, 0.29) is 74.6 Å². The third-order valence-electron chi connectivity index (χ3n) is 15.8. The predicted molar refractivity (Wildman–Crippen MR) is 357 cm³/mol. The Morgan fingerprint density at radius 2 is 0.522 bits per heavy atom. The highest BCUT2D eigenvalue weighted by Crippen LogP contribution is 2.45. The van der Waals surface area contributed by atoms with Crippen molar-refractivity contribution in [3.63, 3.8) is 0 Å². The molecule has 0 aromatic heterocycles. The molecule has 1 aliphatic rings. The monoisotopic (exact) mass is 1240 g/mol. The first-order chi connectivity index (χ1) is 42.7. The highest BCUT2D eigenvalue weighted by atomic mass is 16.5. The molecule has 12 bridgehead atoms. The van der Waals surface area contributed by atoms with Crippen LogP contribution >= 0.6 is 0 Å². The molecular formula is C72H96N6O12. The van der Waals surface area contributed by atoms with Gasteiger partial charge >= 0.3 is 18.1 Å². The van der Waals surface area contributed by atoms with E-state index in [1.807, 2.05) is 57.2 Å². The van der Waals surface area contributed by atoms with Crippen LogP contribution < -0.4 is 61.6 Å². The van der Waals surface area contributed by atoms with Crippen LogP contribution in [0.4, 0.5) is 31.4 Å². The number of nitrogens with two attached hydrogens (primary N) is 3. The van der Waals surface area contributed by atoms with Crippen molar-refractivity contribution in [2.45, 2.75) is 138 Å². The Balaban J connectivity index is 1.68. The van der Waals surface area contributed by atoms with Crippen LogP contribution in [0.2, 0.25) is 0 Å². The molecule has 0 aliphatic heterocycles. The van der Waals surface area contributed by atoms with Crippen molar-refractivity contribution in [1.29, 1.82) is 0 Å². The van der Waals surface area contributed by atoms with Crippen LogP contribution in [0.5, 0.6) is 34.5 Å². The van der Waals surface area contributed by atoms with Gasteiger partial charge in [-0.25, -0.2) is 14.4 Å². The highest BCUT2D eigenvalue weighted by molar-refractivity contribution is 5.90. The Hall–Kier alpha value is -8.19. The van der Waals surface area contributed by atoms with E-state index in [1.165, 1.54) is 0 Å². The van der Waals surface area contributed by atoms with Gasteiger partial charge < -0.3 is 75.8 Å². The Bertz CT molecular complexity index is 3010. The lowest BCUT2D eigenvalue weighted by Gasteiger charge is -2.27. The Morgan fingerprint density at radius 3 is 0.678 bits per heavy atom. The quantitative estimate of drug-likeness (QED) is 0.0368. The predicted octanol–water partition coefficient (Wildman–Crippen LogP) is 13.2. The second kappa shape index (κ2) is 30.5. The average molecular weight is 1240 g/mol. The molecule has 7 rings (SSSR count). The number of rotatable bonds is 21. The highest BCUT2D eigenvalue weighted by Gasteiger charge is 2.29. The van der Waals surface area contributed by atoms with E-state index in [0.29, 0.717) is 91.2 Å². The molecule has 0 radical (unpaired) electrons. The number of anilines is 3. The van der Waals surface area contributed by atoms with Gasteiger partial charge in [-0.15, -0.1) is 0 Å². The smallest absolute Gasteiger partial charge is 0.316 e. The van der Waals surface area contributed by atoms with Crippen molar-refractivity contribution in [1.82, 2.24) is 0 Å². The molecule has 6 aromatic carbocycles. The first kappa shape index (κ1) is 69.3. The summed E-state index contributed by atoms with van der Waals surface area (Å²) in [6, 6.07) is 22.2. The zero-order chi connectivity index (χ0) is 65.7. The van der Waals surface area contributed by atoms with Gasteiger partial charge in [0.15, 0.2) is 0 Å². The lowest BCUT2D eigenvalue weighted by atomic mass is 9.81. The largest absolute Gasteiger partial charge is 0.496 e. The Morgan fingerprint density at radius 1 is 0.333 bits per heavy atom. The van der Waals surface area contributed by atoms with Crippen LogP contribution in [0.3, 0.4) is 0 Å². The summed E-state index contributed by atoms with van der Waals surface area (Å²) in [5, 5.41) is 8.68. The van der Waals surface area contributed by atoms with Gasteiger partial charge in [0.1, 0.15) is 54.3 Å². The molecule has 6 aromatic rings. The number of carbonyl (C=O) groups excluding carboxylic acids is 3. The molecular weight excluding hydrogens is 1140 g/mol. The molecule has 0 spiro atoms. The number of hydrogen-bond acceptors (Lipinski definition) is 12. The number of carbonyl (C=O) groups is 3. The van der Waals surface area contributed by atoms with Gasteiger partial charge in [-0.3, -0.25) is 0 Å². The van der Waals surface area contributed by atoms with E-state index < -0.39 is 18.1 Å². The third kappa shape index (κ3) is 18.0. The van der Waals surface area contributed by atoms with E-state index in [9.17, 15) is 14.4 Å². The number of fused-ring (bicyclic) bond motifs is 12. The number of hydrogen-bond donors (Lipinski definition) is 6. The molecule has 0 unspecified atom stereocenters. The van der Waals surface area contributed by atoms with E-state index in [4.69, 9.17) is 59.8 Å². The van der Waals surface area contributed by atoms with Crippen molar-refractivity contribution in [2.24, 2.45) is 17.2 Å². The molecule has 0 atom stereocenters. The Labute approximate surface area is 532 Å². The van der Waals surface area contributed by atoms with Gasteiger partial charge in [-0.05, 0) is 123 Å². The minimum absolute atomic E-state index is 0.215. The first-order valence-corrected chi connectivity index (χ1v) is 31.1. The number of amides is 6. The summed E-state index contributed by atoms with van der Waals surface area (Å²) in [5.41, 5.74) is 30.7. The van der Waals surface area contributed by atoms with Crippen LogP contribution in [-0.4, -0.2) is 98.9 Å². The summed E-state index contributed by atoms with van der Waals surface area (Å²) in [4.78, 5) is 38.9. The van der Waals surface area contributed by atoms with E-state index >= 15 is 0 Å². The van der Waals surface area contributed by atoms with Crippen molar-refractivity contribution >= 4 is 35.2 Å². The van der Waals surface area contributed by atoms with Gasteiger partial charge in [-0.1, -0.05) is 98.7 Å². The van der Waals surface area contributed by atoms with E-state index in [0.717, 1.165) is 83.5 Å². The normalized spacial score (nSPS) is 12.7. The average Bonchev–Trinajstić information content (AvgIpc) is 0.816. The third-order valence-corrected chi connectivity index (χ3v) is 15.8. The topological polar surface area (TPSA) is 248 Å².